The first-order chi connectivity index (χ1) is 13.3. The van der Waals surface area contributed by atoms with E-state index in [0.29, 0.717) is 32.0 Å². The lowest BCUT2D eigenvalue weighted by Crippen LogP contribution is -2.41. The van der Waals surface area contributed by atoms with E-state index < -0.39 is 6.04 Å². The summed E-state index contributed by atoms with van der Waals surface area (Å²) in [5.74, 6) is 0.963. The van der Waals surface area contributed by atoms with Crippen LogP contribution in [0.5, 0.6) is 0 Å². The van der Waals surface area contributed by atoms with Gasteiger partial charge < -0.3 is 31.9 Å². The maximum absolute atomic E-state index is 11.9. The van der Waals surface area contributed by atoms with E-state index in [1.165, 1.54) is 0 Å². The fraction of sp³-hybridized carbons (Fsp3) is 0.842. The molecule has 9 nitrogen and oxygen atoms in total. The highest BCUT2D eigenvalue weighted by Crippen LogP contribution is 2.10. The van der Waals surface area contributed by atoms with Crippen molar-refractivity contribution in [1.82, 2.24) is 20.4 Å². The first kappa shape index (κ1) is 24.0. The van der Waals surface area contributed by atoms with Crippen molar-refractivity contribution in [3.63, 3.8) is 0 Å². The standard InChI is InChI=1S/C19H40N8O/c1-15(2)25-19-26(3)13-14-27(19)12-7-5-4-6-10-23-17(28)16(20)9-8-11-24-18(21)22/h15-16H,4-14,20H2,1-3H3,(H,23,28)(H4,21,22,24)/b25-19+. The zero-order chi connectivity index (χ0) is 20.9. The minimum absolute atomic E-state index is 0.0572. The predicted molar refractivity (Wildman–Crippen MR) is 115 cm³/mol. The zero-order valence-corrected chi connectivity index (χ0v) is 17.8. The summed E-state index contributed by atoms with van der Waals surface area (Å²) in [5.41, 5.74) is 11.1. The fourth-order valence-corrected chi connectivity index (χ4v) is 3.14. The number of aliphatic imine (C=N–C) groups is 1. The van der Waals surface area contributed by atoms with Crippen molar-refractivity contribution in [1.29, 1.82) is 5.41 Å². The Kier molecular flexibility index (Phi) is 11.3. The molecule has 0 radical (unpaired) electrons. The van der Waals surface area contributed by atoms with Crippen LogP contribution in [0.25, 0.3) is 0 Å². The third kappa shape index (κ3) is 9.77. The average Bonchev–Trinajstić information content (AvgIpc) is 2.96. The number of carbonyl (C=O) groups excluding carboxylic acids is 1. The van der Waals surface area contributed by atoms with E-state index >= 15 is 0 Å². The van der Waals surface area contributed by atoms with E-state index in [0.717, 1.165) is 51.3 Å². The van der Waals surface area contributed by atoms with Crippen molar-refractivity contribution in [2.75, 3.05) is 39.8 Å². The summed E-state index contributed by atoms with van der Waals surface area (Å²) in [4.78, 5) is 21.3. The highest BCUT2D eigenvalue weighted by molar-refractivity contribution is 5.82. The van der Waals surface area contributed by atoms with Gasteiger partial charge >= 0.3 is 0 Å². The molecule has 0 aliphatic carbocycles. The van der Waals surface area contributed by atoms with E-state index in [4.69, 9.17) is 21.9 Å². The molecule has 0 aromatic rings. The van der Waals surface area contributed by atoms with Gasteiger partial charge in [-0.2, -0.15) is 0 Å². The number of carbonyl (C=O) groups is 1. The number of amides is 1. The zero-order valence-electron chi connectivity index (χ0n) is 17.8. The Balaban J connectivity index is 2.06. The molecule has 28 heavy (non-hydrogen) atoms. The quantitative estimate of drug-likeness (QED) is 0.172. The molecule has 7 N–H and O–H groups in total. The summed E-state index contributed by atoms with van der Waals surface area (Å²) < 4.78 is 0. The van der Waals surface area contributed by atoms with Crippen LogP contribution in [0.2, 0.25) is 0 Å². The second-order valence-electron chi connectivity index (χ2n) is 7.73. The van der Waals surface area contributed by atoms with Gasteiger partial charge in [-0.25, -0.2) is 0 Å². The largest absolute Gasteiger partial charge is 0.370 e. The fourth-order valence-electron chi connectivity index (χ4n) is 3.14. The van der Waals surface area contributed by atoms with Crippen LogP contribution in [0.1, 0.15) is 52.4 Å². The van der Waals surface area contributed by atoms with E-state index in [1.807, 2.05) is 0 Å². The van der Waals surface area contributed by atoms with Crippen molar-refractivity contribution in [2.24, 2.45) is 16.5 Å². The van der Waals surface area contributed by atoms with Gasteiger partial charge in [-0.3, -0.25) is 15.2 Å². The van der Waals surface area contributed by atoms with Crippen molar-refractivity contribution >= 4 is 17.8 Å². The molecule has 0 aromatic heterocycles. The molecule has 9 heteroatoms. The Morgan fingerprint density at radius 2 is 1.82 bits per heavy atom. The topological polar surface area (TPSA) is 136 Å². The molecular weight excluding hydrogens is 356 g/mol. The third-order valence-electron chi connectivity index (χ3n) is 4.70. The second-order valence-corrected chi connectivity index (χ2v) is 7.73. The molecule has 1 unspecified atom stereocenters. The summed E-state index contributed by atoms with van der Waals surface area (Å²) in [6.07, 6.45) is 5.64. The molecule has 0 saturated carbocycles. The summed E-state index contributed by atoms with van der Waals surface area (Å²) >= 11 is 0. The first-order valence-electron chi connectivity index (χ1n) is 10.5. The SMILES string of the molecule is CC(C)/N=C1\N(C)CCN1CCCCCCNC(=O)C(N)CCCNC(=N)N. The smallest absolute Gasteiger partial charge is 0.236 e. The third-order valence-corrected chi connectivity index (χ3v) is 4.70. The molecule has 1 heterocycles. The number of nitrogens with one attached hydrogen (secondary N) is 3. The average molecular weight is 397 g/mol. The lowest BCUT2D eigenvalue weighted by molar-refractivity contribution is -0.122. The molecule has 1 saturated heterocycles. The molecular formula is C19H40N8O. The first-order valence-corrected chi connectivity index (χ1v) is 10.5. The van der Waals surface area contributed by atoms with Crippen LogP contribution in [0, 0.1) is 5.41 Å². The maximum Gasteiger partial charge on any atom is 0.236 e. The Labute approximate surface area is 169 Å². The van der Waals surface area contributed by atoms with Gasteiger partial charge in [-0.1, -0.05) is 12.8 Å². The van der Waals surface area contributed by atoms with Gasteiger partial charge in [0.05, 0.1) is 6.04 Å². The normalized spacial score (nSPS) is 16.7. The number of hydrogen-bond donors (Lipinski definition) is 5. The van der Waals surface area contributed by atoms with E-state index in [-0.39, 0.29) is 11.9 Å². The number of guanidine groups is 2. The van der Waals surface area contributed by atoms with Gasteiger partial charge in [0.15, 0.2) is 11.9 Å². The number of unbranched alkanes of at least 4 members (excludes halogenated alkanes) is 3. The van der Waals surface area contributed by atoms with Crippen LogP contribution in [-0.2, 0) is 4.79 Å². The highest BCUT2D eigenvalue weighted by Gasteiger charge is 2.22. The maximum atomic E-state index is 11.9. The van der Waals surface area contributed by atoms with Gasteiger partial charge in [0.25, 0.3) is 0 Å². The van der Waals surface area contributed by atoms with Crippen LogP contribution in [0.15, 0.2) is 4.99 Å². The van der Waals surface area contributed by atoms with Gasteiger partial charge in [-0.05, 0) is 39.5 Å². The van der Waals surface area contributed by atoms with Crippen LogP contribution < -0.4 is 22.1 Å². The molecule has 1 rings (SSSR count). The Hall–Kier alpha value is -2.03. The molecule has 1 fully saturated rings. The number of hydrogen-bond acceptors (Lipinski definition) is 4. The van der Waals surface area contributed by atoms with Gasteiger partial charge in [0, 0.05) is 45.8 Å². The van der Waals surface area contributed by atoms with E-state index in [9.17, 15) is 4.79 Å². The predicted octanol–water partition coefficient (Wildman–Crippen LogP) is 0.265. The number of likely N-dealkylation sites (N-methyl/N-ethyl adjacent to an activating group) is 1. The molecule has 0 spiro atoms. The summed E-state index contributed by atoms with van der Waals surface area (Å²) in [5, 5.41) is 12.7. The van der Waals surface area contributed by atoms with Gasteiger partial charge in [0.1, 0.15) is 0 Å². The minimum Gasteiger partial charge on any atom is -0.370 e. The molecule has 0 bridgehead atoms. The van der Waals surface area contributed by atoms with E-state index in [1.54, 1.807) is 0 Å². The summed E-state index contributed by atoms with van der Waals surface area (Å²) in [7, 11) is 2.11. The van der Waals surface area contributed by atoms with Gasteiger partial charge in [0.2, 0.25) is 5.91 Å². The van der Waals surface area contributed by atoms with Crippen molar-refractivity contribution in [3.8, 4) is 0 Å². The van der Waals surface area contributed by atoms with Crippen molar-refractivity contribution < 1.29 is 4.79 Å². The Morgan fingerprint density at radius 1 is 1.14 bits per heavy atom. The summed E-state index contributed by atoms with van der Waals surface area (Å²) in [6.45, 7) is 8.60. The monoisotopic (exact) mass is 396 g/mol. The lowest BCUT2D eigenvalue weighted by Gasteiger charge is -2.21. The number of rotatable bonds is 13. The Morgan fingerprint density at radius 3 is 2.50 bits per heavy atom. The molecule has 162 valence electrons. The molecule has 1 atom stereocenters. The molecule has 1 amide bonds. The second kappa shape index (κ2) is 13.2. The van der Waals surface area contributed by atoms with E-state index in [2.05, 4.69) is 41.3 Å². The lowest BCUT2D eigenvalue weighted by atomic mass is 10.1. The molecule has 1 aliphatic rings. The van der Waals surface area contributed by atoms with Crippen molar-refractivity contribution in [3.05, 3.63) is 0 Å². The van der Waals surface area contributed by atoms with Crippen LogP contribution >= 0.6 is 0 Å². The number of nitrogens with two attached hydrogens (primary N) is 2. The van der Waals surface area contributed by atoms with Crippen molar-refractivity contribution in [2.45, 2.75) is 64.5 Å². The molecule has 0 aromatic carbocycles. The van der Waals surface area contributed by atoms with Crippen LogP contribution in [0.4, 0.5) is 0 Å². The Bertz CT molecular complexity index is 508. The van der Waals surface area contributed by atoms with Crippen LogP contribution in [-0.4, -0.2) is 79.5 Å². The van der Waals surface area contributed by atoms with Gasteiger partial charge in [-0.15, -0.1) is 0 Å². The van der Waals surface area contributed by atoms with Crippen LogP contribution in [0.3, 0.4) is 0 Å². The minimum atomic E-state index is -0.500. The highest BCUT2D eigenvalue weighted by atomic mass is 16.2. The number of nitrogens with zero attached hydrogens (tertiary/aromatic N) is 3. The summed E-state index contributed by atoms with van der Waals surface area (Å²) in [6, 6.07) is -0.182. The molecule has 1 aliphatic heterocycles.